The maximum atomic E-state index is 11.7. The van der Waals surface area contributed by atoms with Crippen molar-refractivity contribution in [2.75, 3.05) is 25.6 Å². The molecule has 2 unspecified atom stereocenters. The van der Waals surface area contributed by atoms with Gasteiger partial charge >= 0.3 is 5.97 Å². The molecule has 0 bridgehead atoms. The van der Waals surface area contributed by atoms with E-state index in [-0.39, 0.29) is 42.2 Å². The first-order valence-electron chi connectivity index (χ1n) is 9.89. The van der Waals surface area contributed by atoms with Crippen LogP contribution in [0.25, 0.3) is 0 Å². The first-order valence-corrected chi connectivity index (χ1v) is 12.2. The lowest BCUT2D eigenvalue weighted by molar-refractivity contribution is -0.197. The Morgan fingerprint density at radius 2 is 2.32 bits per heavy atom. The number of aliphatic hydroxyl groups excluding tert-OH is 1. The second-order valence-corrected chi connectivity index (χ2v) is 9.85. The SMILES string of the molecule is CCOC(=O)c1csc(SCCC2[C@H](Cl)C[C@@H](OC3CCCCO3)[C@@H]2CO)n1. The molecular formula is C19H28ClNO5S2. The number of thiazole rings is 1. The Morgan fingerprint density at radius 3 is 3.04 bits per heavy atom. The first-order chi connectivity index (χ1) is 13.6. The molecule has 6 nitrogen and oxygen atoms in total. The summed E-state index contributed by atoms with van der Waals surface area (Å²) >= 11 is 9.66. The Morgan fingerprint density at radius 1 is 1.46 bits per heavy atom. The molecule has 1 saturated heterocycles. The Labute approximate surface area is 179 Å². The van der Waals surface area contributed by atoms with E-state index in [1.165, 1.54) is 11.3 Å². The maximum Gasteiger partial charge on any atom is 0.357 e. The van der Waals surface area contributed by atoms with Crippen LogP contribution in [0, 0.1) is 11.8 Å². The van der Waals surface area contributed by atoms with E-state index in [1.54, 1.807) is 24.1 Å². The van der Waals surface area contributed by atoms with Crippen LogP contribution in [0.3, 0.4) is 0 Å². The molecule has 28 heavy (non-hydrogen) atoms. The number of thioether (sulfide) groups is 1. The predicted octanol–water partition coefficient (Wildman–Crippen LogP) is 3.95. The van der Waals surface area contributed by atoms with E-state index in [4.69, 9.17) is 25.8 Å². The molecular weight excluding hydrogens is 422 g/mol. The number of carbonyl (C=O) groups is 1. The zero-order valence-corrected chi connectivity index (χ0v) is 18.4. The molecule has 9 heteroatoms. The minimum atomic E-state index is -0.382. The van der Waals surface area contributed by atoms with Crippen LogP contribution in [0.1, 0.15) is 49.5 Å². The van der Waals surface area contributed by atoms with E-state index in [0.29, 0.717) is 12.3 Å². The predicted molar refractivity (Wildman–Crippen MR) is 110 cm³/mol. The number of halogens is 1. The van der Waals surface area contributed by atoms with Crippen LogP contribution in [0.5, 0.6) is 0 Å². The standard InChI is InChI=1S/C19H28ClNO5S2/c1-2-24-18(23)15-11-28-19(21-15)27-8-6-12-13(10-22)16(9-14(12)20)26-17-5-3-4-7-25-17/h11-14,16-17,22H,2-10H2,1H3/t12?,13-,14-,16-,17?/m1/s1. The molecule has 2 aliphatic rings. The third-order valence-corrected chi connectivity index (χ3v) is 7.83. The topological polar surface area (TPSA) is 77.9 Å². The van der Waals surface area contributed by atoms with Crippen LogP contribution in [-0.4, -0.2) is 59.4 Å². The fourth-order valence-electron chi connectivity index (χ4n) is 3.84. The molecule has 1 aliphatic carbocycles. The molecule has 0 amide bonds. The van der Waals surface area contributed by atoms with Gasteiger partial charge in [0.25, 0.3) is 0 Å². The van der Waals surface area contributed by atoms with E-state index >= 15 is 0 Å². The second kappa shape index (κ2) is 11.1. The normalized spacial score (nSPS) is 30.5. The summed E-state index contributed by atoms with van der Waals surface area (Å²) < 4.78 is 17.6. The van der Waals surface area contributed by atoms with Crippen LogP contribution in [-0.2, 0) is 14.2 Å². The second-order valence-electron chi connectivity index (χ2n) is 7.09. The highest BCUT2D eigenvalue weighted by Gasteiger charge is 2.43. The fraction of sp³-hybridized carbons (Fsp3) is 0.789. The van der Waals surface area contributed by atoms with Gasteiger partial charge in [0, 0.05) is 35.6 Å². The monoisotopic (exact) mass is 449 g/mol. The van der Waals surface area contributed by atoms with Gasteiger partial charge in [0.05, 0.1) is 12.7 Å². The van der Waals surface area contributed by atoms with E-state index in [0.717, 1.165) is 48.8 Å². The lowest BCUT2D eigenvalue weighted by Crippen LogP contribution is -2.33. The van der Waals surface area contributed by atoms with Crippen molar-refractivity contribution >= 4 is 40.7 Å². The highest BCUT2D eigenvalue weighted by Crippen LogP contribution is 2.41. The molecule has 1 saturated carbocycles. The van der Waals surface area contributed by atoms with Crippen molar-refractivity contribution in [1.29, 1.82) is 0 Å². The summed E-state index contributed by atoms with van der Waals surface area (Å²) in [6.07, 6.45) is 4.50. The minimum absolute atomic E-state index is 0.0160. The molecule has 158 valence electrons. The van der Waals surface area contributed by atoms with E-state index < -0.39 is 0 Å². The number of esters is 1. The molecule has 1 aromatic heterocycles. The molecule has 1 N–H and O–H groups in total. The number of nitrogens with zero attached hydrogens (tertiary/aromatic N) is 1. The first kappa shape index (κ1) is 22.3. The molecule has 3 rings (SSSR count). The quantitative estimate of drug-likeness (QED) is 0.347. The third-order valence-electron chi connectivity index (χ3n) is 5.27. The van der Waals surface area contributed by atoms with Gasteiger partial charge in [-0.25, -0.2) is 9.78 Å². The van der Waals surface area contributed by atoms with Gasteiger partial charge in [-0.05, 0) is 44.9 Å². The third kappa shape index (κ3) is 5.83. The van der Waals surface area contributed by atoms with E-state index in [9.17, 15) is 9.90 Å². The number of alkyl halides is 1. The molecule has 0 spiro atoms. The van der Waals surface area contributed by atoms with Gasteiger partial charge in [-0.1, -0.05) is 11.8 Å². The molecule has 5 atom stereocenters. The zero-order valence-electron chi connectivity index (χ0n) is 16.0. The Bertz CT molecular complexity index is 625. The maximum absolute atomic E-state index is 11.7. The summed E-state index contributed by atoms with van der Waals surface area (Å²) in [5.74, 6) is 0.664. The van der Waals surface area contributed by atoms with Gasteiger partial charge in [0.2, 0.25) is 0 Å². The van der Waals surface area contributed by atoms with Crippen LogP contribution >= 0.6 is 34.7 Å². The Kier molecular flexibility index (Phi) is 8.87. The molecule has 1 aromatic rings. The number of aromatic nitrogens is 1. The lowest BCUT2D eigenvalue weighted by atomic mass is 9.93. The largest absolute Gasteiger partial charge is 0.461 e. The number of carbonyl (C=O) groups excluding carboxylic acids is 1. The average Bonchev–Trinajstić information content (AvgIpc) is 3.28. The van der Waals surface area contributed by atoms with Crippen molar-refractivity contribution in [2.45, 2.75) is 61.1 Å². The molecule has 0 radical (unpaired) electrons. The number of aliphatic hydroxyl groups is 1. The van der Waals surface area contributed by atoms with E-state index in [2.05, 4.69) is 4.98 Å². The van der Waals surface area contributed by atoms with E-state index in [1.807, 2.05) is 0 Å². The molecule has 1 aliphatic heterocycles. The van der Waals surface area contributed by atoms with Crippen LogP contribution < -0.4 is 0 Å². The number of rotatable bonds is 9. The summed E-state index contributed by atoms with van der Waals surface area (Å²) in [6, 6.07) is 0. The lowest BCUT2D eigenvalue weighted by Gasteiger charge is -2.29. The summed E-state index contributed by atoms with van der Waals surface area (Å²) in [5, 5.41) is 11.6. The molecule has 2 heterocycles. The van der Waals surface area contributed by atoms with Crippen molar-refractivity contribution < 1.29 is 24.1 Å². The number of ether oxygens (including phenoxy) is 3. The zero-order chi connectivity index (χ0) is 19.9. The summed E-state index contributed by atoms with van der Waals surface area (Å²) in [4.78, 5) is 16.0. The van der Waals surface area contributed by atoms with Crippen LogP contribution in [0.15, 0.2) is 9.72 Å². The van der Waals surface area contributed by atoms with Crippen LogP contribution in [0.4, 0.5) is 0 Å². The van der Waals surface area contributed by atoms with Gasteiger partial charge in [-0.3, -0.25) is 0 Å². The smallest absolute Gasteiger partial charge is 0.357 e. The highest BCUT2D eigenvalue weighted by molar-refractivity contribution is 8.01. The van der Waals surface area contributed by atoms with Gasteiger partial charge in [0.1, 0.15) is 0 Å². The summed E-state index contributed by atoms with van der Waals surface area (Å²) in [5.41, 5.74) is 0.361. The molecule has 0 aromatic carbocycles. The van der Waals surface area contributed by atoms with Crippen LogP contribution in [0.2, 0.25) is 0 Å². The van der Waals surface area contributed by atoms with Gasteiger partial charge < -0.3 is 19.3 Å². The van der Waals surface area contributed by atoms with Crippen molar-refractivity contribution in [1.82, 2.24) is 4.98 Å². The van der Waals surface area contributed by atoms with Gasteiger partial charge in [0.15, 0.2) is 16.3 Å². The minimum Gasteiger partial charge on any atom is -0.461 e. The van der Waals surface area contributed by atoms with Crippen molar-refractivity contribution in [3.05, 3.63) is 11.1 Å². The summed E-state index contributed by atoms with van der Waals surface area (Å²) in [7, 11) is 0. The average molecular weight is 450 g/mol. The van der Waals surface area contributed by atoms with Crippen molar-refractivity contribution in [2.24, 2.45) is 11.8 Å². The van der Waals surface area contributed by atoms with Crippen molar-refractivity contribution in [3.8, 4) is 0 Å². The summed E-state index contributed by atoms with van der Waals surface area (Å²) in [6.45, 7) is 2.93. The Hall–Kier alpha value is -0.380. The highest BCUT2D eigenvalue weighted by atomic mass is 35.5. The van der Waals surface area contributed by atoms with Crippen molar-refractivity contribution in [3.63, 3.8) is 0 Å². The number of hydrogen-bond donors (Lipinski definition) is 1. The van der Waals surface area contributed by atoms with Gasteiger partial charge in [-0.15, -0.1) is 22.9 Å². The Balaban J connectivity index is 1.48. The fourth-order valence-corrected chi connectivity index (χ4v) is 6.23. The number of hydrogen-bond acceptors (Lipinski definition) is 8. The van der Waals surface area contributed by atoms with Gasteiger partial charge in [-0.2, -0.15) is 0 Å². The molecule has 2 fully saturated rings.